The maximum atomic E-state index is 12.8. The lowest BCUT2D eigenvalue weighted by atomic mass is 10.1. The molecule has 0 spiro atoms. The van der Waals surface area contributed by atoms with Crippen LogP contribution in [0.1, 0.15) is 32.6 Å². The number of alkyl halides is 3. The van der Waals surface area contributed by atoms with E-state index in [1.54, 1.807) is 30.3 Å². The highest BCUT2D eigenvalue weighted by molar-refractivity contribution is 9.11. The van der Waals surface area contributed by atoms with E-state index in [1.807, 2.05) is 6.07 Å². The van der Waals surface area contributed by atoms with Crippen LogP contribution in [0.15, 0.2) is 74.7 Å². The molecule has 3 rings (SSSR count). The molecule has 3 aromatic rings. The number of halogens is 5. The summed E-state index contributed by atoms with van der Waals surface area (Å²) in [4.78, 5) is 12.1. The third-order valence-corrected chi connectivity index (χ3v) is 5.54. The van der Waals surface area contributed by atoms with E-state index in [0.717, 1.165) is 23.8 Å². The molecule has 5 nitrogen and oxygen atoms in total. The topological polar surface area (TPSA) is 74.5 Å². The first-order chi connectivity index (χ1) is 15.7. The Morgan fingerprint density at radius 2 is 1.79 bits per heavy atom. The average molecular weight is 581 g/mol. The number of nitriles is 1. The number of benzene rings is 3. The van der Waals surface area contributed by atoms with E-state index in [0.29, 0.717) is 25.8 Å². The second-order valence-corrected chi connectivity index (χ2v) is 8.36. The quantitative estimate of drug-likeness (QED) is 0.269. The summed E-state index contributed by atoms with van der Waals surface area (Å²) in [6.07, 6.45) is -3.20. The molecule has 0 aliphatic heterocycles. The van der Waals surface area contributed by atoms with Gasteiger partial charge in [0.25, 0.3) is 5.91 Å². The molecule has 0 saturated carbocycles. The highest BCUT2D eigenvalue weighted by Crippen LogP contribution is 2.35. The Morgan fingerprint density at radius 3 is 2.45 bits per heavy atom. The minimum absolute atomic E-state index is 0.161. The van der Waals surface area contributed by atoms with Gasteiger partial charge in [0.15, 0.2) is 0 Å². The number of hydrazone groups is 1. The summed E-state index contributed by atoms with van der Waals surface area (Å²) in [5.41, 5.74) is 2.97. The van der Waals surface area contributed by atoms with Crippen LogP contribution in [0.25, 0.3) is 0 Å². The van der Waals surface area contributed by atoms with Crippen LogP contribution in [0.2, 0.25) is 0 Å². The molecule has 0 fully saturated rings. The van der Waals surface area contributed by atoms with Gasteiger partial charge in [-0.2, -0.15) is 23.5 Å². The highest BCUT2D eigenvalue weighted by atomic mass is 79.9. The molecule has 10 heteroatoms. The molecule has 3 aromatic carbocycles. The fraction of sp³-hybridized carbons (Fsp3) is 0.0870. The largest absolute Gasteiger partial charge is 0.486 e. The van der Waals surface area contributed by atoms with Gasteiger partial charge in [0, 0.05) is 11.1 Å². The lowest BCUT2D eigenvalue weighted by Crippen LogP contribution is -2.18. The van der Waals surface area contributed by atoms with Gasteiger partial charge in [-0.25, -0.2) is 5.43 Å². The van der Waals surface area contributed by atoms with Gasteiger partial charge >= 0.3 is 6.18 Å². The molecule has 33 heavy (non-hydrogen) atoms. The number of amides is 1. The van der Waals surface area contributed by atoms with Gasteiger partial charge in [-0.1, -0.05) is 24.3 Å². The molecule has 0 unspecified atom stereocenters. The molecule has 0 saturated heterocycles. The van der Waals surface area contributed by atoms with Gasteiger partial charge in [-0.05, 0) is 73.8 Å². The van der Waals surface area contributed by atoms with Crippen molar-refractivity contribution in [1.82, 2.24) is 5.43 Å². The SMILES string of the molecule is N#Cc1ccccc1COc1c(Br)cc(/C=N\NC(=O)c2cccc(C(F)(F)F)c2)cc1Br. The number of hydrogen-bond donors (Lipinski definition) is 1. The van der Waals surface area contributed by atoms with Crippen LogP contribution in [0, 0.1) is 11.3 Å². The van der Waals surface area contributed by atoms with Gasteiger partial charge in [0.05, 0.1) is 32.4 Å². The standard InChI is InChI=1S/C23H14Br2F3N3O2/c24-19-8-14(9-20(25)21(19)33-13-17-5-2-1-4-16(17)11-29)12-30-31-22(32)15-6-3-7-18(10-15)23(26,27)28/h1-10,12H,13H2,(H,31,32)/b30-12-. The second kappa shape index (κ2) is 10.6. The molecule has 0 aliphatic rings. The van der Waals surface area contributed by atoms with E-state index in [1.165, 1.54) is 12.3 Å². The Morgan fingerprint density at radius 1 is 1.09 bits per heavy atom. The zero-order valence-electron chi connectivity index (χ0n) is 16.7. The highest BCUT2D eigenvalue weighted by Gasteiger charge is 2.30. The third kappa shape index (κ3) is 6.43. The van der Waals surface area contributed by atoms with Crippen molar-refractivity contribution in [2.75, 3.05) is 0 Å². The summed E-state index contributed by atoms with van der Waals surface area (Å²) in [7, 11) is 0. The Hall–Kier alpha value is -3.16. The lowest BCUT2D eigenvalue weighted by molar-refractivity contribution is -0.137. The lowest BCUT2D eigenvalue weighted by Gasteiger charge is -2.12. The monoisotopic (exact) mass is 579 g/mol. The van der Waals surface area contributed by atoms with Crippen LogP contribution >= 0.6 is 31.9 Å². The maximum Gasteiger partial charge on any atom is 0.416 e. The molecule has 0 bridgehead atoms. The Kier molecular flexibility index (Phi) is 7.89. The molecular formula is C23H14Br2F3N3O2. The molecule has 0 radical (unpaired) electrons. The first-order valence-corrected chi connectivity index (χ1v) is 10.9. The Balaban J connectivity index is 1.67. The summed E-state index contributed by atoms with van der Waals surface area (Å²) >= 11 is 6.83. The summed E-state index contributed by atoms with van der Waals surface area (Å²) in [6, 6.07) is 16.7. The Labute approximate surface area is 204 Å². The number of carbonyl (C=O) groups is 1. The minimum atomic E-state index is -4.54. The van der Waals surface area contributed by atoms with E-state index in [-0.39, 0.29) is 12.2 Å². The first kappa shape index (κ1) is 24.5. The number of hydrogen-bond acceptors (Lipinski definition) is 4. The average Bonchev–Trinajstić information content (AvgIpc) is 2.78. The summed E-state index contributed by atoms with van der Waals surface area (Å²) < 4.78 is 45.5. The number of nitrogens with one attached hydrogen (secondary N) is 1. The number of ether oxygens (including phenoxy) is 1. The van der Waals surface area contributed by atoms with Crippen molar-refractivity contribution < 1.29 is 22.7 Å². The number of nitrogens with zero attached hydrogens (tertiary/aromatic N) is 2. The first-order valence-electron chi connectivity index (χ1n) is 9.29. The van der Waals surface area contributed by atoms with Crippen LogP contribution in [0.4, 0.5) is 13.2 Å². The summed E-state index contributed by atoms with van der Waals surface area (Å²) in [5.74, 6) is -0.264. The second-order valence-electron chi connectivity index (χ2n) is 6.65. The van der Waals surface area contributed by atoms with Gasteiger partial charge in [-0.3, -0.25) is 4.79 Å². The molecule has 1 N–H and O–H groups in total. The van der Waals surface area contributed by atoms with E-state index in [9.17, 15) is 23.2 Å². The molecule has 0 heterocycles. The fourth-order valence-electron chi connectivity index (χ4n) is 2.76. The van der Waals surface area contributed by atoms with Gasteiger partial charge in [-0.15, -0.1) is 0 Å². The number of carbonyl (C=O) groups excluding carboxylic acids is 1. The van der Waals surface area contributed by atoms with Crippen LogP contribution in [-0.4, -0.2) is 12.1 Å². The van der Waals surface area contributed by atoms with E-state index in [4.69, 9.17) is 4.74 Å². The molecular weight excluding hydrogens is 567 g/mol. The maximum absolute atomic E-state index is 12.8. The molecule has 1 amide bonds. The molecule has 0 aromatic heterocycles. The van der Waals surface area contributed by atoms with E-state index < -0.39 is 17.6 Å². The number of rotatable bonds is 6. The van der Waals surface area contributed by atoms with Crippen molar-refractivity contribution in [1.29, 1.82) is 5.26 Å². The molecule has 0 aliphatic carbocycles. The van der Waals surface area contributed by atoms with Crippen molar-refractivity contribution in [2.45, 2.75) is 12.8 Å². The fourth-order valence-corrected chi connectivity index (χ4v) is 4.21. The van der Waals surface area contributed by atoms with Gasteiger partial charge in [0.1, 0.15) is 12.4 Å². The third-order valence-electron chi connectivity index (χ3n) is 4.36. The van der Waals surface area contributed by atoms with Crippen LogP contribution in [0.5, 0.6) is 5.75 Å². The van der Waals surface area contributed by atoms with Crippen molar-refractivity contribution in [3.05, 3.63) is 97.4 Å². The van der Waals surface area contributed by atoms with Gasteiger partial charge in [0.2, 0.25) is 0 Å². The zero-order chi connectivity index (χ0) is 24.0. The van der Waals surface area contributed by atoms with Crippen molar-refractivity contribution in [3.8, 4) is 11.8 Å². The van der Waals surface area contributed by atoms with Crippen molar-refractivity contribution in [3.63, 3.8) is 0 Å². The molecule has 168 valence electrons. The van der Waals surface area contributed by atoms with Gasteiger partial charge < -0.3 is 4.74 Å². The van der Waals surface area contributed by atoms with E-state index in [2.05, 4.69) is 48.5 Å². The zero-order valence-corrected chi connectivity index (χ0v) is 19.8. The normalized spacial score (nSPS) is 11.3. The smallest absolute Gasteiger partial charge is 0.416 e. The van der Waals surface area contributed by atoms with Crippen molar-refractivity contribution >= 4 is 44.0 Å². The van der Waals surface area contributed by atoms with E-state index >= 15 is 0 Å². The van der Waals surface area contributed by atoms with Crippen LogP contribution < -0.4 is 10.2 Å². The predicted octanol–water partition coefficient (Wildman–Crippen LogP) is 6.44. The van der Waals surface area contributed by atoms with Crippen LogP contribution in [-0.2, 0) is 12.8 Å². The summed E-state index contributed by atoms with van der Waals surface area (Å²) in [5, 5.41) is 13.0. The van der Waals surface area contributed by atoms with Crippen LogP contribution in [0.3, 0.4) is 0 Å². The summed E-state index contributed by atoms with van der Waals surface area (Å²) in [6.45, 7) is 0.182. The van der Waals surface area contributed by atoms with Crippen molar-refractivity contribution in [2.24, 2.45) is 5.10 Å². The molecule has 0 atom stereocenters. The predicted molar refractivity (Wildman–Crippen MR) is 124 cm³/mol. The Bertz CT molecular complexity index is 1230. The minimum Gasteiger partial charge on any atom is -0.486 e.